The van der Waals surface area contributed by atoms with Gasteiger partial charge in [-0.25, -0.2) is 0 Å². The van der Waals surface area contributed by atoms with Crippen molar-refractivity contribution in [3.63, 3.8) is 0 Å². The fourth-order valence-corrected chi connectivity index (χ4v) is 1.83. The van der Waals surface area contributed by atoms with Crippen molar-refractivity contribution in [3.05, 3.63) is 35.5 Å². The van der Waals surface area contributed by atoms with Gasteiger partial charge in [-0.05, 0) is 26.0 Å². The van der Waals surface area contributed by atoms with Gasteiger partial charge in [0.1, 0.15) is 17.3 Å². The third-order valence-corrected chi connectivity index (χ3v) is 2.96. The van der Waals surface area contributed by atoms with Gasteiger partial charge in [-0.1, -0.05) is 0 Å². The van der Waals surface area contributed by atoms with Gasteiger partial charge >= 0.3 is 0 Å². The maximum absolute atomic E-state index is 9.77. The fraction of sp³-hybridized carbons (Fsp3) is 0.308. The van der Waals surface area contributed by atoms with Crippen LogP contribution in [0, 0.1) is 6.92 Å². The number of phenols is 2. The zero-order valence-electron chi connectivity index (χ0n) is 10.7. The van der Waals surface area contributed by atoms with E-state index in [1.165, 1.54) is 6.07 Å². The molecule has 0 aliphatic carbocycles. The Morgan fingerprint density at radius 2 is 2.00 bits per heavy atom. The number of hydrogen-bond donors (Lipinski definition) is 3. The first kappa shape index (κ1) is 12.3. The summed E-state index contributed by atoms with van der Waals surface area (Å²) in [4.78, 5) is 0. The molecule has 0 amide bonds. The van der Waals surface area contributed by atoms with Crippen LogP contribution in [0.3, 0.4) is 0 Å². The van der Waals surface area contributed by atoms with Crippen LogP contribution in [0.5, 0.6) is 11.5 Å². The van der Waals surface area contributed by atoms with Gasteiger partial charge in [0, 0.05) is 30.4 Å². The van der Waals surface area contributed by atoms with E-state index in [0.717, 1.165) is 17.1 Å². The molecule has 18 heavy (non-hydrogen) atoms. The molecule has 1 heterocycles. The van der Waals surface area contributed by atoms with Gasteiger partial charge in [0.05, 0.1) is 6.04 Å². The molecule has 0 aliphatic rings. The van der Waals surface area contributed by atoms with Gasteiger partial charge in [-0.15, -0.1) is 0 Å². The van der Waals surface area contributed by atoms with Gasteiger partial charge in [-0.3, -0.25) is 4.68 Å². The van der Waals surface area contributed by atoms with E-state index >= 15 is 0 Å². The Kier molecular flexibility index (Phi) is 3.14. The summed E-state index contributed by atoms with van der Waals surface area (Å²) in [5, 5.41) is 26.5. The van der Waals surface area contributed by atoms with Gasteiger partial charge in [0.25, 0.3) is 0 Å². The first-order chi connectivity index (χ1) is 8.47. The summed E-state index contributed by atoms with van der Waals surface area (Å²) in [7, 11) is 1.88. The van der Waals surface area contributed by atoms with E-state index in [1.807, 2.05) is 27.0 Å². The van der Waals surface area contributed by atoms with Crippen molar-refractivity contribution in [2.45, 2.75) is 19.9 Å². The lowest BCUT2D eigenvalue weighted by Gasteiger charge is -2.15. The van der Waals surface area contributed by atoms with E-state index in [4.69, 9.17) is 0 Å². The molecule has 0 aliphatic heterocycles. The molecule has 0 saturated carbocycles. The predicted octanol–water partition coefficient (Wildman–Crippen LogP) is 2.31. The number of phenolic OH excluding ortho intramolecular Hbond substituents is 2. The number of nitrogens with zero attached hydrogens (tertiary/aromatic N) is 2. The lowest BCUT2D eigenvalue weighted by atomic mass is 10.1. The number of benzene rings is 1. The molecule has 2 rings (SSSR count). The van der Waals surface area contributed by atoms with Crippen molar-refractivity contribution in [2.24, 2.45) is 7.05 Å². The van der Waals surface area contributed by atoms with Crippen LogP contribution in [-0.4, -0.2) is 20.0 Å². The molecule has 0 bridgehead atoms. The average molecular weight is 247 g/mol. The van der Waals surface area contributed by atoms with E-state index < -0.39 is 0 Å². The lowest BCUT2D eigenvalue weighted by molar-refractivity contribution is 0.444. The number of hydrogen-bond acceptors (Lipinski definition) is 4. The Labute approximate surface area is 106 Å². The predicted molar refractivity (Wildman–Crippen MR) is 69.8 cm³/mol. The molecule has 1 unspecified atom stereocenters. The minimum absolute atomic E-state index is 0.0529. The monoisotopic (exact) mass is 247 g/mol. The molecule has 3 N–H and O–H groups in total. The number of nitrogens with one attached hydrogen (secondary N) is 1. The van der Waals surface area contributed by atoms with E-state index in [1.54, 1.807) is 16.8 Å². The summed E-state index contributed by atoms with van der Waals surface area (Å²) in [5.74, 6) is 0.884. The first-order valence-corrected chi connectivity index (χ1v) is 5.76. The quantitative estimate of drug-likeness (QED) is 0.778. The van der Waals surface area contributed by atoms with Crippen LogP contribution in [-0.2, 0) is 7.05 Å². The van der Waals surface area contributed by atoms with E-state index in [0.29, 0.717) is 0 Å². The summed E-state index contributed by atoms with van der Waals surface area (Å²) in [6.45, 7) is 3.90. The maximum atomic E-state index is 9.77. The molecular formula is C13H17N3O2. The minimum Gasteiger partial charge on any atom is -0.508 e. The zero-order chi connectivity index (χ0) is 13.3. The van der Waals surface area contributed by atoms with Crippen LogP contribution in [0.15, 0.2) is 24.3 Å². The van der Waals surface area contributed by atoms with Crippen molar-refractivity contribution < 1.29 is 10.2 Å². The zero-order valence-corrected chi connectivity index (χ0v) is 10.7. The Morgan fingerprint density at radius 3 is 2.56 bits per heavy atom. The van der Waals surface area contributed by atoms with Crippen LogP contribution in [0.4, 0.5) is 5.82 Å². The molecular weight excluding hydrogens is 230 g/mol. The van der Waals surface area contributed by atoms with Crippen LogP contribution < -0.4 is 5.32 Å². The second-order valence-electron chi connectivity index (χ2n) is 4.40. The van der Waals surface area contributed by atoms with E-state index in [2.05, 4.69) is 10.4 Å². The first-order valence-electron chi connectivity index (χ1n) is 5.76. The number of aromatic nitrogens is 2. The Bertz CT molecular complexity index is 544. The number of aromatic hydroxyl groups is 2. The van der Waals surface area contributed by atoms with Crippen LogP contribution >= 0.6 is 0 Å². The highest BCUT2D eigenvalue weighted by molar-refractivity contribution is 5.45. The second kappa shape index (κ2) is 4.60. The molecule has 5 nitrogen and oxygen atoms in total. The average Bonchev–Trinajstić information content (AvgIpc) is 2.57. The van der Waals surface area contributed by atoms with Gasteiger partial charge < -0.3 is 15.5 Å². The van der Waals surface area contributed by atoms with Crippen molar-refractivity contribution in [2.75, 3.05) is 5.32 Å². The molecule has 0 radical (unpaired) electrons. The third-order valence-electron chi connectivity index (χ3n) is 2.96. The van der Waals surface area contributed by atoms with Gasteiger partial charge in [-0.2, -0.15) is 5.10 Å². The van der Waals surface area contributed by atoms with Crippen LogP contribution in [0.1, 0.15) is 24.2 Å². The topological polar surface area (TPSA) is 70.3 Å². The second-order valence-corrected chi connectivity index (χ2v) is 4.40. The standard InChI is InChI=1S/C13H17N3O2/c1-8-6-13(15-16(8)3)14-9(2)11-5-4-10(17)7-12(11)18/h4-7,9,17-18H,1-3H3,(H,14,15). The summed E-state index contributed by atoms with van der Waals surface area (Å²) in [5.41, 5.74) is 1.77. The van der Waals surface area contributed by atoms with Gasteiger partial charge in [0.15, 0.2) is 0 Å². The summed E-state index contributed by atoms with van der Waals surface area (Å²) >= 11 is 0. The molecule has 1 aromatic heterocycles. The van der Waals surface area contributed by atoms with Crippen molar-refractivity contribution >= 4 is 5.82 Å². The number of anilines is 1. The number of rotatable bonds is 3. The maximum Gasteiger partial charge on any atom is 0.148 e. The van der Waals surface area contributed by atoms with E-state index in [-0.39, 0.29) is 17.5 Å². The molecule has 1 atom stereocenters. The Hall–Kier alpha value is -2.17. The Balaban J connectivity index is 2.19. The lowest BCUT2D eigenvalue weighted by Crippen LogP contribution is -2.07. The molecule has 0 fully saturated rings. The van der Waals surface area contributed by atoms with Crippen molar-refractivity contribution in [1.82, 2.24) is 9.78 Å². The summed E-state index contributed by atoms with van der Waals surface area (Å²) < 4.78 is 1.78. The molecule has 0 spiro atoms. The minimum atomic E-state index is -0.0973. The van der Waals surface area contributed by atoms with E-state index in [9.17, 15) is 10.2 Å². The van der Waals surface area contributed by atoms with Crippen LogP contribution in [0.25, 0.3) is 0 Å². The smallest absolute Gasteiger partial charge is 0.148 e. The molecule has 96 valence electrons. The highest BCUT2D eigenvalue weighted by Gasteiger charge is 2.12. The van der Waals surface area contributed by atoms with Crippen molar-refractivity contribution in [3.8, 4) is 11.5 Å². The highest BCUT2D eigenvalue weighted by atomic mass is 16.3. The van der Waals surface area contributed by atoms with Crippen LogP contribution in [0.2, 0.25) is 0 Å². The molecule has 5 heteroatoms. The number of aryl methyl sites for hydroxylation is 2. The molecule has 0 saturated heterocycles. The summed E-state index contributed by atoms with van der Waals surface area (Å²) in [6.07, 6.45) is 0. The molecule has 1 aromatic carbocycles. The molecule has 2 aromatic rings. The fourth-order valence-electron chi connectivity index (χ4n) is 1.83. The van der Waals surface area contributed by atoms with Gasteiger partial charge in [0.2, 0.25) is 0 Å². The largest absolute Gasteiger partial charge is 0.508 e. The third kappa shape index (κ3) is 2.40. The summed E-state index contributed by atoms with van der Waals surface area (Å²) in [6, 6.07) is 6.42. The highest BCUT2D eigenvalue weighted by Crippen LogP contribution is 2.29. The van der Waals surface area contributed by atoms with Crippen molar-refractivity contribution in [1.29, 1.82) is 0 Å². The normalized spacial score (nSPS) is 12.4. The SMILES string of the molecule is Cc1cc(NC(C)c2ccc(O)cc2O)nn1C. The Morgan fingerprint density at radius 1 is 1.28 bits per heavy atom.